The maximum absolute atomic E-state index is 12.7. The van der Waals surface area contributed by atoms with Crippen LogP contribution in [0.4, 0.5) is 24.5 Å². The lowest BCUT2D eigenvalue weighted by molar-refractivity contribution is -0.384. The highest BCUT2D eigenvalue weighted by Crippen LogP contribution is 2.35. The number of ether oxygens (including phenoxy) is 1. The van der Waals surface area contributed by atoms with Gasteiger partial charge in [0.05, 0.1) is 29.2 Å². The molecule has 2 rings (SSSR count). The minimum Gasteiger partial charge on any atom is -0.379 e. The molecule has 0 radical (unpaired) electrons. The van der Waals surface area contributed by atoms with Crippen molar-refractivity contribution < 1.29 is 27.6 Å². The van der Waals surface area contributed by atoms with Gasteiger partial charge in [0.1, 0.15) is 5.69 Å². The van der Waals surface area contributed by atoms with E-state index in [1.807, 2.05) is 13.8 Å². The highest BCUT2D eigenvalue weighted by Gasteiger charge is 2.34. The molecule has 26 heavy (non-hydrogen) atoms. The lowest BCUT2D eigenvalue weighted by Gasteiger charge is -2.42. The molecule has 0 bridgehead atoms. The first-order chi connectivity index (χ1) is 12.0. The van der Waals surface area contributed by atoms with E-state index >= 15 is 0 Å². The van der Waals surface area contributed by atoms with Crippen molar-refractivity contribution in [3.8, 4) is 0 Å². The Morgan fingerprint density at radius 3 is 2.69 bits per heavy atom. The predicted octanol–water partition coefficient (Wildman–Crippen LogP) is 3.05. The Morgan fingerprint density at radius 2 is 2.12 bits per heavy atom. The monoisotopic (exact) mass is 375 g/mol. The minimum atomic E-state index is -4.67. The topological polar surface area (TPSA) is 84.7 Å². The first-order valence-corrected chi connectivity index (χ1v) is 8.00. The fourth-order valence-corrected chi connectivity index (χ4v) is 2.77. The molecule has 0 aliphatic carbocycles. The molecular formula is C16H20F3N3O4. The van der Waals surface area contributed by atoms with Crippen LogP contribution in [0.2, 0.25) is 0 Å². The van der Waals surface area contributed by atoms with Crippen LogP contribution in [0.25, 0.3) is 0 Å². The zero-order chi connectivity index (χ0) is 19.5. The van der Waals surface area contributed by atoms with Crippen LogP contribution in [0.15, 0.2) is 18.2 Å². The van der Waals surface area contributed by atoms with Crippen LogP contribution in [-0.2, 0) is 15.7 Å². The fourth-order valence-electron chi connectivity index (χ4n) is 2.77. The van der Waals surface area contributed by atoms with Crippen LogP contribution in [0, 0.1) is 10.1 Å². The molecule has 0 spiro atoms. The number of nitro groups is 1. The number of nitrogens with zero attached hydrogens (tertiary/aromatic N) is 2. The van der Waals surface area contributed by atoms with Crippen LogP contribution < -0.4 is 5.32 Å². The number of morpholine rings is 1. The summed E-state index contributed by atoms with van der Waals surface area (Å²) in [6, 6.07) is 2.25. The van der Waals surface area contributed by atoms with E-state index in [0.29, 0.717) is 25.8 Å². The Kier molecular flexibility index (Phi) is 5.74. The third kappa shape index (κ3) is 4.63. The van der Waals surface area contributed by atoms with Gasteiger partial charge in [-0.1, -0.05) is 0 Å². The van der Waals surface area contributed by atoms with Crippen LogP contribution >= 0.6 is 0 Å². The summed E-state index contributed by atoms with van der Waals surface area (Å²) in [5.41, 5.74) is -2.28. The van der Waals surface area contributed by atoms with Gasteiger partial charge in [0.15, 0.2) is 0 Å². The normalized spacial score (nSPS) is 17.0. The Labute approximate surface area is 148 Å². The number of rotatable bonds is 5. The molecule has 7 nitrogen and oxygen atoms in total. The number of anilines is 1. The van der Waals surface area contributed by atoms with Gasteiger partial charge in [-0.25, -0.2) is 0 Å². The molecule has 0 atom stereocenters. The molecule has 1 heterocycles. The van der Waals surface area contributed by atoms with E-state index in [1.165, 1.54) is 0 Å². The second kappa shape index (κ2) is 7.48. The number of carbonyl (C=O) groups excluding carboxylic acids is 1. The van der Waals surface area contributed by atoms with Gasteiger partial charge in [-0.3, -0.25) is 14.9 Å². The highest BCUT2D eigenvalue weighted by molar-refractivity contribution is 5.78. The molecule has 1 aromatic rings. The van der Waals surface area contributed by atoms with Crippen LogP contribution in [-0.4, -0.2) is 47.6 Å². The van der Waals surface area contributed by atoms with Gasteiger partial charge in [0.2, 0.25) is 5.91 Å². The zero-order valence-corrected chi connectivity index (χ0v) is 14.4. The summed E-state index contributed by atoms with van der Waals surface area (Å²) in [4.78, 5) is 24.2. The van der Waals surface area contributed by atoms with Crippen molar-refractivity contribution in [2.75, 3.05) is 31.6 Å². The lowest BCUT2D eigenvalue weighted by atomic mass is 10.0. The van der Waals surface area contributed by atoms with Crippen molar-refractivity contribution in [1.29, 1.82) is 0 Å². The number of carbonyl (C=O) groups is 1. The van der Waals surface area contributed by atoms with Crippen molar-refractivity contribution in [2.24, 2.45) is 0 Å². The largest absolute Gasteiger partial charge is 0.416 e. The molecular weight excluding hydrogens is 355 g/mol. The number of amides is 1. The number of alkyl halides is 3. The van der Waals surface area contributed by atoms with E-state index in [1.54, 1.807) is 4.90 Å². The first-order valence-electron chi connectivity index (χ1n) is 8.00. The average Bonchev–Trinajstić information content (AvgIpc) is 2.53. The van der Waals surface area contributed by atoms with Gasteiger partial charge in [0, 0.05) is 25.6 Å². The zero-order valence-electron chi connectivity index (χ0n) is 14.4. The number of halogens is 3. The number of nitrogens with one attached hydrogen (secondary N) is 1. The summed E-state index contributed by atoms with van der Waals surface area (Å²) in [6.07, 6.45) is -4.61. The van der Waals surface area contributed by atoms with Crippen LogP contribution in [0.3, 0.4) is 0 Å². The van der Waals surface area contributed by atoms with E-state index in [0.717, 1.165) is 12.1 Å². The van der Waals surface area contributed by atoms with Crippen molar-refractivity contribution >= 4 is 17.3 Å². The van der Waals surface area contributed by atoms with Gasteiger partial charge >= 0.3 is 6.18 Å². The Morgan fingerprint density at radius 1 is 1.42 bits per heavy atom. The molecule has 1 N–H and O–H groups in total. The maximum Gasteiger partial charge on any atom is 0.416 e. The Hall–Kier alpha value is -2.36. The van der Waals surface area contributed by atoms with Gasteiger partial charge in [0.25, 0.3) is 5.69 Å². The van der Waals surface area contributed by atoms with Gasteiger partial charge in [-0.05, 0) is 26.0 Å². The summed E-state index contributed by atoms with van der Waals surface area (Å²) in [5, 5.41) is 13.7. The van der Waals surface area contributed by atoms with E-state index < -0.39 is 27.9 Å². The quantitative estimate of drug-likeness (QED) is 0.632. The van der Waals surface area contributed by atoms with Crippen LogP contribution in [0.5, 0.6) is 0 Å². The lowest BCUT2D eigenvalue weighted by Crippen LogP contribution is -2.55. The van der Waals surface area contributed by atoms with Crippen molar-refractivity contribution in [2.45, 2.75) is 32.0 Å². The summed E-state index contributed by atoms with van der Waals surface area (Å²) in [5.74, 6) is -0.152. The SMILES string of the molecule is CC1(C)COCCN1C(=O)CCNc1ccc(C(F)(F)F)cc1[N+](=O)[O-]. The average molecular weight is 375 g/mol. The first kappa shape index (κ1) is 20.0. The molecule has 1 fully saturated rings. The molecule has 0 aromatic heterocycles. The molecule has 1 saturated heterocycles. The van der Waals surface area contributed by atoms with Gasteiger partial charge in [-0.15, -0.1) is 0 Å². The van der Waals surface area contributed by atoms with Gasteiger partial charge in [-0.2, -0.15) is 13.2 Å². The third-order valence-corrected chi connectivity index (χ3v) is 4.12. The predicted molar refractivity (Wildman–Crippen MR) is 87.8 cm³/mol. The number of hydrogen-bond donors (Lipinski definition) is 1. The van der Waals surface area contributed by atoms with Crippen molar-refractivity contribution in [1.82, 2.24) is 4.90 Å². The summed E-state index contributed by atoms with van der Waals surface area (Å²) in [6.45, 7) is 5.12. The van der Waals surface area contributed by atoms with Crippen molar-refractivity contribution in [3.05, 3.63) is 33.9 Å². The third-order valence-electron chi connectivity index (χ3n) is 4.12. The molecule has 10 heteroatoms. The molecule has 0 unspecified atom stereocenters. The fraction of sp³-hybridized carbons (Fsp3) is 0.562. The molecule has 1 aliphatic rings. The number of benzene rings is 1. The van der Waals surface area contributed by atoms with E-state index in [-0.39, 0.29) is 24.6 Å². The highest BCUT2D eigenvalue weighted by atomic mass is 19.4. The molecule has 1 amide bonds. The van der Waals surface area contributed by atoms with Gasteiger partial charge < -0.3 is 15.0 Å². The van der Waals surface area contributed by atoms with E-state index in [9.17, 15) is 28.1 Å². The van der Waals surface area contributed by atoms with E-state index in [2.05, 4.69) is 5.32 Å². The molecule has 0 saturated carbocycles. The Balaban J connectivity index is 2.03. The molecule has 1 aromatic carbocycles. The molecule has 1 aliphatic heterocycles. The molecule has 144 valence electrons. The standard InChI is InChI=1S/C16H20F3N3O4/c1-15(2)10-26-8-7-21(15)14(23)5-6-20-12-4-3-11(16(17,18)19)9-13(12)22(24)25/h3-4,9,20H,5-8,10H2,1-2H3. The smallest absolute Gasteiger partial charge is 0.379 e. The maximum atomic E-state index is 12.7. The summed E-state index contributed by atoms with van der Waals surface area (Å²) in [7, 11) is 0. The van der Waals surface area contributed by atoms with E-state index in [4.69, 9.17) is 4.74 Å². The number of hydrogen-bond acceptors (Lipinski definition) is 5. The van der Waals surface area contributed by atoms with Crippen molar-refractivity contribution in [3.63, 3.8) is 0 Å². The summed E-state index contributed by atoms with van der Waals surface area (Å²) >= 11 is 0. The second-order valence-corrected chi connectivity index (χ2v) is 6.57. The summed E-state index contributed by atoms with van der Waals surface area (Å²) < 4.78 is 43.4. The van der Waals surface area contributed by atoms with Crippen LogP contribution in [0.1, 0.15) is 25.8 Å². The Bertz CT molecular complexity index is 692. The number of nitro benzene ring substituents is 1. The minimum absolute atomic E-state index is 0.0571. The second-order valence-electron chi connectivity index (χ2n) is 6.57.